The lowest BCUT2D eigenvalue weighted by molar-refractivity contribution is -0.222. The van der Waals surface area contributed by atoms with Gasteiger partial charge >= 0.3 is 18.0 Å². The molecule has 0 aromatic carbocycles. The number of likely N-dealkylation sites (tertiary alicyclic amines) is 1. The molecule has 2 aliphatic rings. The Balaban J connectivity index is 1.99. The Bertz CT molecular complexity index is 517. The zero-order valence-corrected chi connectivity index (χ0v) is 14.0. The van der Waals surface area contributed by atoms with Gasteiger partial charge in [0.1, 0.15) is 5.57 Å². The van der Waals surface area contributed by atoms with Crippen LogP contribution in [-0.2, 0) is 23.8 Å². The number of carbonyl (C=O) groups is 3. The molecule has 23 heavy (non-hydrogen) atoms. The second kappa shape index (κ2) is 6.60. The summed E-state index contributed by atoms with van der Waals surface area (Å²) in [5, 5.41) is 0. The molecule has 0 atom stereocenters. The predicted octanol–water partition coefficient (Wildman–Crippen LogP) is 2.01. The van der Waals surface area contributed by atoms with Gasteiger partial charge < -0.3 is 19.1 Å². The minimum absolute atomic E-state index is 0.0282. The first-order chi connectivity index (χ1) is 10.7. The first-order valence-corrected chi connectivity index (χ1v) is 7.80. The van der Waals surface area contributed by atoms with Gasteiger partial charge in [-0.25, -0.2) is 14.4 Å². The number of ether oxygens (including phenoxy) is 3. The Morgan fingerprint density at radius 3 is 2.17 bits per heavy atom. The molecule has 0 unspecified atom stereocenters. The SMILES string of the molecule is CC(C)COC(=O)N1CCC(=C2C(=O)OC(C)(C)OC2=O)CC1. The van der Waals surface area contributed by atoms with Crippen LogP contribution in [-0.4, -0.2) is 48.4 Å². The molecule has 0 aliphatic carbocycles. The third kappa shape index (κ3) is 4.24. The first kappa shape index (κ1) is 17.3. The van der Waals surface area contributed by atoms with E-state index in [0.717, 1.165) is 0 Å². The van der Waals surface area contributed by atoms with E-state index < -0.39 is 17.7 Å². The predicted molar refractivity (Wildman–Crippen MR) is 80.3 cm³/mol. The van der Waals surface area contributed by atoms with Gasteiger partial charge in [-0.3, -0.25) is 0 Å². The molecule has 2 heterocycles. The molecular formula is C16H23NO6. The van der Waals surface area contributed by atoms with Gasteiger partial charge in [0, 0.05) is 26.9 Å². The van der Waals surface area contributed by atoms with Crippen molar-refractivity contribution < 1.29 is 28.6 Å². The van der Waals surface area contributed by atoms with Crippen LogP contribution in [0.25, 0.3) is 0 Å². The van der Waals surface area contributed by atoms with Crippen LogP contribution in [0, 0.1) is 5.92 Å². The van der Waals surface area contributed by atoms with Crippen LogP contribution in [0.1, 0.15) is 40.5 Å². The standard InChI is InChI=1S/C16H23NO6/c1-10(2)9-21-15(20)17-7-5-11(6-8-17)12-13(18)22-16(3,4)23-14(12)19/h10H,5-9H2,1-4H3. The molecule has 7 nitrogen and oxygen atoms in total. The van der Waals surface area contributed by atoms with E-state index in [-0.39, 0.29) is 17.6 Å². The molecule has 2 aliphatic heterocycles. The maximum Gasteiger partial charge on any atom is 0.409 e. The van der Waals surface area contributed by atoms with Crippen molar-refractivity contribution in [2.75, 3.05) is 19.7 Å². The molecule has 2 rings (SSSR count). The van der Waals surface area contributed by atoms with Gasteiger partial charge in [0.15, 0.2) is 0 Å². The molecule has 2 saturated heterocycles. The van der Waals surface area contributed by atoms with Gasteiger partial charge in [0.25, 0.3) is 5.79 Å². The number of hydrogen-bond acceptors (Lipinski definition) is 6. The molecule has 0 aromatic heterocycles. The van der Waals surface area contributed by atoms with E-state index in [4.69, 9.17) is 14.2 Å². The molecular weight excluding hydrogens is 302 g/mol. The number of piperidine rings is 1. The van der Waals surface area contributed by atoms with Crippen LogP contribution < -0.4 is 0 Å². The number of esters is 2. The van der Waals surface area contributed by atoms with Crippen molar-refractivity contribution in [2.45, 2.75) is 46.3 Å². The maximum absolute atomic E-state index is 12.0. The number of rotatable bonds is 2. The van der Waals surface area contributed by atoms with Crippen molar-refractivity contribution in [3.63, 3.8) is 0 Å². The fourth-order valence-corrected chi connectivity index (χ4v) is 2.48. The lowest BCUT2D eigenvalue weighted by atomic mass is 9.97. The van der Waals surface area contributed by atoms with Crippen molar-refractivity contribution in [2.24, 2.45) is 5.92 Å². The van der Waals surface area contributed by atoms with Crippen LogP contribution in [0.2, 0.25) is 0 Å². The maximum atomic E-state index is 12.0. The Morgan fingerprint density at radius 1 is 1.17 bits per heavy atom. The van der Waals surface area contributed by atoms with Crippen LogP contribution in [0.3, 0.4) is 0 Å². The number of nitrogens with zero attached hydrogens (tertiary/aromatic N) is 1. The van der Waals surface area contributed by atoms with E-state index in [1.807, 2.05) is 13.8 Å². The summed E-state index contributed by atoms with van der Waals surface area (Å²) in [6.07, 6.45) is 0.491. The van der Waals surface area contributed by atoms with Gasteiger partial charge in [0.05, 0.1) is 6.61 Å². The van der Waals surface area contributed by atoms with Gasteiger partial charge in [-0.2, -0.15) is 0 Å². The van der Waals surface area contributed by atoms with Crippen LogP contribution in [0.15, 0.2) is 11.1 Å². The van der Waals surface area contributed by atoms with E-state index in [0.29, 0.717) is 38.1 Å². The van der Waals surface area contributed by atoms with Crippen LogP contribution in [0.5, 0.6) is 0 Å². The average molecular weight is 325 g/mol. The Hall–Kier alpha value is -2.05. The molecule has 0 N–H and O–H groups in total. The average Bonchev–Trinajstić information content (AvgIpc) is 2.43. The minimum atomic E-state index is -1.24. The lowest BCUT2D eigenvalue weighted by Crippen LogP contribution is -2.43. The Labute approximate surface area is 135 Å². The van der Waals surface area contributed by atoms with E-state index in [1.165, 1.54) is 13.8 Å². The molecule has 128 valence electrons. The highest BCUT2D eigenvalue weighted by atomic mass is 16.7. The van der Waals surface area contributed by atoms with Gasteiger partial charge in [-0.05, 0) is 24.3 Å². The fourth-order valence-electron chi connectivity index (χ4n) is 2.48. The highest BCUT2D eigenvalue weighted by molar-refractivity contribution is 6.16. The largest absolute Gasteiger partial charge is 0.449 e. The fraction of sp³-hybridized carbons (Fsp3) is 0.688. The van der Waals surface area contributed by atoms with Gasteiger partial charge in [-0.1, -0.05) is 13.8 Å². The molecule has 1 amide bonds. The molecule has 0 radical (unpaired) electrons. The summed E-state index contributed by atoms with van der Waals surface area (Å²) in [5.41, 5.74) is 0.642. The first-order valence-electron chi connectivity index (χ1n) is 7.80. The summed E-state index contributed by atoms with van der Waals surface area (Å²) in [5.74, 6) is -2.27. The number of carbonyl (C=O) groups excluding carboxylic acids is 3. The topological polar surface area (TPSA) is 82.1 Å². The molecule has 0 aromatic rings. The molecule has 0 bridgehead atoms. The summed E-state index contributed by atoms with van der Waals surface area (Å²) in [4.78, 5) is 37.5. The van der Waals surface area contributed by atoms with E-state index in [2.05, 4.69) is 0 Å². The van der Waals surface area contributed by atoms with Gasteiger partial charge in [-0.15, -0.1) is 0 Å². The summed E-state index contributed by atoms with van der Waals surface area (Å²) in [6, 6.07) is 0. The van der Waals surface area contributed by atoms with Crippen molar-refractivity contribution >= 4 is 18.0 Å². The summed E-state index contributed by atoms with van der Waals surface area (Å²) in [7, 11) is 0. The zero-order chi connectivity index (χ0) is 17.2. The molecule has 0 saturated carbocycles. The van der Waals surface area contributed by atoms with E-state index in [9.17, 15) is 14.4 Å². The third-order valence-corrected chi connectivity index (χ3v) is 3.60. The van der Waals surface area contributed by atoms with E-state index in [1.54, 1.807) is 4.90 Å². The van der Waals surface area contributed by atoms with Crippen LogP contribution in [0.4, 0.5) is 4.79 Å². The summed E-state index contributed by atoms with van der Waals surface area (Å²) in [6.45, 7) is 8.13. The number of cyclic esters (lactones) is 2. The van der Waals surface area contributed by atoms with Crippen molar-refractivity contribution in [1.29, 1.82) is 0 Å². The second-order valence-corrected chi connectivity index (χ2v) is 6.62. The zero-order valence-electron chi connectivity index (χ0n) is 14.0. The number of amides is 1. The quantitative estimate of drug-likeness (QED) is 0.439. The highest BCUT2D eigenvalue weighted by Gasteiger charge is 2.41. The molecule has 0 spiro atoms. The van der Waals surface area contributed by atoms with Crippen molar-refractivity contribution in [3.8, 4) is 0 Å². The highest BCUT2D eigenvalue weighted by Crippen LogP contribution is 2.29. The van der Waals surface area contributed by atoms with Gasteiger partial charge in [0.2, 0.25) is 0 Å². The second-order valence-electron chi connectivity index (χ2n) is 6.62. The molecule has 2 fully saturated rings. The third-order valence-electron chi connectivity index (χ3n) is 3.60. The van der Waals surface area contributed by atoms with Crippen molar-refractivity contribution in [1.82, 2.24) is 4.90 Å². The molecule has 7 heteroatoms. The Kier molecular flexibility index (Phi) is 4.97. The summed E-state index contributed by atoms with van der Waals surface area (Å²) >= 11 is 0. The lowest BCUT2D eigenvalue weighted by Gasteiger charge is -2.33. The normalized spacial score (nSPS) is 21.2. The smallest absolute Gasteiger partial charge is 0.409 e. The van der Waals surface area contributed by atoms with Crippen molar-refractivity contribution in [3.05, 3.63) is 11.1 Å². The summed E-state index contributed by atoms with van der Waals surface area (Å²) < 4.78 is 15.4. The monoisotopic (exact) mass is 325 g/mol. The number of hydrogen-bond donors (Lipinski definition) is 0. The van der Waals surface area contributed by atoms with E-state index >= 15 is 0 Å². The minimum Gasteiger partial charge on any atom is -0.449 e. The Morgan fingerprint density at radius 2 is 1.70 bits per heavy atom. The van der Waals surface area contributed by atoms with Crippen LogP contribution >= 0.6 is 0 Å².